The average Bonchev–Trinajstić information content (AvgIpc) is 2.50. The summed E-state index contributed by atoms with van der Waals surface area (Å²) in [5, 5.41) is 12.7. The van der Waals surface area contributed by atoms with Gasteiger partial charge in [0.05, 0.1) is 32.9 Å². The molecule has 5 nitrogen and oxygen atoms in total. The van der Waals surface area contributed by atoms with Gasteiger partial charge in [0.25, 0.3) is 0 Å². The molecule has 1 unspecified atom stereocenters. The average molecular weight is 313 g/mol. The van der Waals surface area contributed by atoms with E-state index in [4.69, 9.17) is 26.4 Å². The van der Waals surface area contributed by atoms with Crippen molar-refractivity contribution in [2.24, 2.45) is 0 Å². The van der Waals surface area contributed by atoms with E-state index >= 15 is 0 Å². The van der Waals surface area contributed by atoms with Crippen LogP contribution in [0.2, 0.25) is 0 Å². The molecule has 0 fully saturated rings. The van der Waals surface area contributed by atoms with E-state index in [-0.39, 0.29) is 11.1 Å². The molecule has 0 amide bonds. The summed E-state index contributed by atoms with van der Waals surface area (Å²) < 4.78 is 16.0. The number of thiocarbonyl (C=S) groups is 1. The Balaban J connectivity index is 2.97. The zero-order valence-electron chi connectivity index (χ0n) is 12.9. The van der Waals surface area contributed by atoms with Gasteiger partial charge in [-0.15, -0.1) is 0 Å². The van der Waals surface area contributed by atoms with Gasteiger partial charge in [0.2, 0.25) is 0 Å². The van der Waals surface area contributed by atoms with Crippen LogP contribution in [0.25, 0.3) is 0 Å². The van der Waals surface area contributed by atoms with Crippen LogP contribution in [0.1, 0.15) is 25.3 Å². The third-order valence-electron chi connectivity index (χ3n) is 3.22. The van der Waals surface area contributed by atoms with E-state index in [1.165, 1.54) is 0 Å². The predicted octanol–water partition coefficient (Wildman–Crippen LogP) is 2.86. The zero-order valence-corrected chi connectivity index (χ0v) is 13.8. The molecule has 0 saturated heterocycles. The Hall–Kier alpha value is -1.53. The molecule has 0 bridgehead atoms. The molecule has 6 heteroatoms. The maximum atomic E-state index is 9.54. The molecular weight excluding hydrogens is 290 g/mol. The summed E-state index contributed by atoms with van der Waals surface area (Å²) in [5.41, 5.74) is 0.859. The Kier molecular flexibility index (Phi) is 7.25. The molecular formula is C15H23NO4S. The third kappa shape index (κ3) is 4.75. The van der Waals surface area contributed by atoms with Crippen molar-refractivity contribution in [1.82, 2.24) is 5.32 Å². The van der Waals surface area contributed by atoms with Gasteiger partial charge < -0.3 is 24.6 Å². The fraction of sp³-hybridized carbons (Fsp3) is 0.533. The summed E-state index contributed by atoms with van der Waals surface area (Å²) in [6.45, 7) is 2.52. The lowest BCUT2D eigenvalue weighted by Gasteiger charge is -2.19. The van der Waals surface area contributed by atoms with E-state index < -0.39 is 0 Å². The number of nitrogens with one attached hydrogen (secondary N) is 1. The molecule has 0 saturated carbocycles. The second-order valence-corrected chi connectivity index (χ2v) is 4.99. The first-order chi connectivity index (χ1) is 10.1. The molecule has 0 radical (unpaired) electrons. The lowest BCUT2D eigenvalue weighted by molar-refractivity contribution is 0.364. The quantitative estimate of drug-likeness (QED) is 0.684. The number of rotatable bonds is 9. The zero-order chi connectivity index (χ0) is 15.8. The van der Waals surface area contributed by atoms with Crippen LogP contribution in [0, 0.1) is 0 Å². The first-order valence-corrected chi connectivity index (χ1v) is 7.23. The van der Waals surface area contributed by atoms with Gasteiger partial charge in [0.15, 0.2) is 5.05 Å². The Morgan fingerprint density at radius 1 is 1.19 bits per heavy atom. The molecule has 0 heterocycles. The van der Waals surface area contributed by atoms with Gasteiger partial charge in [0.1, 0.15) is 17.2 Å². The van der Waals surface area contributed by atoms with E-state index in [0.29, 0.717) is 23.8 Å². The smallest absolute Gasteiger partial charge is 0.174 e. The largest absolute Gasteiger partial charge is 0.501 e. The molecule has 1 atom stereocenters. The first kappa shape index (κ1) is 17.5. The summed E-state index contributed by atoms with van der Waals surface area (Å²) in [7, 11) is 4.78. The van der Waals surface area contributed by atoms with E-state index in [2.05, 4.69) is 5.32 Å². The fourth-order valence-corrected chi connectivity index (χ4v) is 2.28. The Morgan fingerprint density at radius 3 is 2.14 bits per heavy atom. The summed E-state index contributed by atoms with van der Waals surface area (Å²) in [6.07, 6.45) is 1.70. The standard InChI is InChI=1S/C15H23NO4S/c1-5-6-12(15(17)21)16-9-11-13(19-3)7-10(18-2)8-14(11)20-4/h7-8,12,16H,5-6,9H2,1-4H3,(H,17,21). The number of benzene rings is 1. The first-order valence-electron chi connectivity index (χ1n) is 6.82. The number of aliphatic hydroxyl groups is 1. The normalized spacial score (nSPS) is 11.8. The fourth-order valence-electron chi connectivity index (χ4n) is 2.08. The van der Waals surface area contributed by atoms with Crippen molar-refractivity contribution in [2.75, 3.05) is 21.3 Å². The van der Waals surface area contributed by atoms with Crippen molar-refractivity contribution in [1.29, 1.82) is 0 Å². The number of ether oxygens (including phenoxy) is 3. The van der Waals surface area contributed by atoms with Crippen LogP contribution < -0.4 is 19.5 Å². The summed E-state index contributed by atoms with van der Waals surface area (Å²) in [4.78, 5) is 0. The number of aliphatic hydroxyl groups excluding tert-OH is 1. The van der Waals surface area contributed by atoms with Crippen LogP contribution in [0.15, 0.2) is 12.1 Å². The Bertz CT molecular complexity index is 454. The van der Waals surface area contributed by atoms with Gasteiger partial charge in [-0.3, -0.25) is 0 Å². The minimum absolute atomic E-state index is 0.0247. The molecule has 0 aliphatic heterocycles. The molecule has 0 aromatic heterocycles. The predicted molar refractivity (Wildman–Crippen MR) is 86.9 cm³/mol. The van der Waals surface area contributed by atoms with Crippen LogP contribution in [0.3, 0.4) is 0 Å². The second-order valence-electron chi connectivity index (χ2n) is 4.57. The SMILES string of the molecule is CCCC(NCc1c(OC)cc(OC)cc1OC)C(O)=S. The minimum Gasteiger partial charge on any atom is -0.501 e. The van der Waals surface area contributed by atoms with Gasteiger partial charge in [-0.1, -0.05) is 13.3 Å². The highest BCUT2D eigenvalue weighted by molar-refractivity contribution is 7.80. The topological polar surface area (TPSA) is 60.0 Å². The third-order valence-corrected chi connectivity index (χ3v) is 3.50. The minimum atomic E-state index is -0.221. The Labute approximate surface area is 131 Å². The number of hydrogen-bond donors (Lipinski definition) is 2. The van der Waals surface area contributed by atoms with E-state index in [9.17, 15) is 5.11 Å². The van der Waals surface area contributed by atoms with Crippen molar-refractivity contribution in [3.05, 3.63) is 17.7 Å². The number of methoxy groups -OCH3 is 3. The van der Waals surface area contributed by atoms with Gasteiger partial charge in [-0.05, 0) is 18.6 Å². The molecule has 0 aliphatic rings. The van der Waals surface area contributed by atoms with E-state index in [0.717, 1.165) is 18.4 Å². The van der Waals surface area contributed by atoms with Crippen LogP contribution in [-0.4, -0.2) is 37.5 Å². The van der Waals surface area contributed by atoms with Crippen molar-refractivity contribution >= 4 is 17.3 Å². The summed E-state index contributed by atoms with van der Waals surface area (Å²) >= 11 is 4.87. The molecule has 0 aliphatic carbocycles. The lowest BCUT2D eigenvalue weighted by Crippen LogP contribution is -2.35. The van der Waals surface area contributed by atoms with Crippen LogP contribution in [0.4, 0.5) is 0 Å². The summed E-state index contributed by atoms with van der Waals surface area (Å²) in [5.74, 6) is 1.99. The van der Waals surface area contributed by atoms with Gasteiger partial charge >= 0.3 is 0 Å². The van der Waals surface area contributed by atoms with Crippen molar-refractivity contribution in [2.45, 2.75) is 32.4 Å². The molecule has 1 aromatic rings. The highest BCUT2D eigenvalue weighted by Gasteiger charge is 2.17. The highest BCUT2D eigenvalue weighted by atomic mass is 32.1. The monoisotopic (exact) mass is 313 g/mol. The van der Waals surface area contributed by atoms with Gasteiger partial charge in [-0.2, -0.15) is 0 Å². The van der Waals surface area contributed by atoms with Gasteiger partial charge in [-0.25, -0.2) is 0 Å². The molecule has 0 spiro atoms. The molecule has 118 valence electrons. The van der Waals surface area contributed by atoms with Crippen molar-refractivity contribution in [3.63, 3.8) is 0 Å². The summed E-state index contributed by atoms with van der Waals surface area (Å²) in [6, 6.07) is 3.37. The van der Waals surface area contributed by atoms with Crippen molar-refractivity contribution < 1.29 is 19.3 Å². The van der Waals surface area contributed by atoms with E-state index in [1.54, 1.807) is 33.5 Å². The van der Waals surface area contributed by atoms with Crippen LogP contribution in [0.5, 0.6) is 17.2 Å². The molecule has 1 rings (SSSR count). The molecule has 21 heavy (non-hydrogen) atoms. The molecule has 2 N–H and O–H groups in total. The maximum Gasteiger partial charge on any atom is 0.174 e. The van der Waals surface area contributed by atoms with Crippen molar-refractivity contribution in [3.8, 4) is 17.2 Å². The van der Waals surface area contributed by atoms with E-state index in [1.807, 2.05) is 6.92 Å². The second kappa shape index (κ2) is 8.69. The van der Waals surface area contributed by atoms with Crippen LogP contribution in [-0.2, 0) is 6.54 Å². The van der Waals surface area contributed by atoms with Crippen LogP contribution >= 0.6 is 12.2 Å². The highest BCUT2D eigenvalue weighted by Crippen LogP contribution is 2.34. The lowest BCUT2D eigenvalue weighted by atomic mass is 10.1. The number of hydrogen-bond acceptors (Lipinski definition) is 5. The Morgan fingerprint density at radius 2 is 1.76 bits per heavy atom. The maximum absolute atomic E-state index is 9.54. The molecule has 1 aromatic carbocycles. The van der Waals surface area contributed by atoms with Gasteiger partial charge in [0, 0.05) is 18.7 Å².